The molecule has 0 bridgehead atoms. The van der Waals surface area contributed by atoms with Gasteiger partial charge in [0.05, 0.1) is 24.7 Å². The Labute approximate surface area is 174 Å². The molecular formula is C22H23N5O3. The number of Topliss-reactive ketones (excluding diaryl/α,β-unsaturated/α-hetero) is 1. The van der Waals surface area contributed by atoms with Crippen LogP contribution in [0.2, 0.25) is 0 Å². The number of hydrogen-bond acceptors (Lipinski definition) is 6. The minimum absolute atomic E-state index is 0.0487. The molecule has 8 nitrogen and oxygen atoms in total. The third-order valence-electron chi connectivity index (χ3n) is 5.42. The van der Waals surface area contributed by atoms with Crippen LogP contribution < -0.4 is 0 Å². The van der Waals surface area contributed by atoms with Crippen LogP contribution >= 0.6 is 0 Å². The molecule has 0 saturated carbocycles. The number of nitriles is 1. The van der Waals surface area contributed by atoms with Crippen molar-refractivity contribution in [2.24, 2.45) is 0 Å². The Morgan fingerprint density at radius 3 is 2.67 bits per heavy atom. The van der Waals surface area contributed by atoms with Gasteiger partial charge in [-0.2, -0.15) is 5.26 Å². The van der Waals surface area contributed by atoms with E-state index in [2.05, 4.69) is 16.1 Å². The molecule has 2 aromatic heterocycles. The van der Waals surface area contributed by atoms with Gasteiger partial charge < -0.3 is 14.0 Å². The Morgan fingerprint density at radius 1 is 1.20 bits per heavy atom. The molecule has 0 aliphatic carbocycles. The highest BCUT2D eigenvalue weighted by atomic mass is 16.5. The Balaban J connectivity index is 1.41. The zero-order chi connectivity index (χ0) is 21.1. The summed E-state index contributed by atoms with van der Waals surface area (Å²) in [7, 11) is 0. The van der Waals surface area contributed by atoms with Gasteiger partial charge in [-0.15, -0.1) is 0 Å². The predicted molar refractivity (Wildman–Crippen MR) is 110 cm³/mol. The minimum atomic E-state index is -0.165. The predicted octanol–water partition coefficient (Wildman–Crippen LogP) is 2.49. The van der Waals surface area contributed by atoms with Crippen molar-refractivity contribution in [1.82, 2.24) is 19.5 Å². The second kappa shape index (κ2) is 8.51. The summed E-state index contributed by atoms with van der Waals surface area (Å²) in [4.78, 5) is 29.3. The fourth-order valence-electron chi connectivity index (χ4n) is 3.84. The van der Waals surface area contributed by atoms with E-state index in [-0.39, 0.29) is 17.5 Å². The number of hydrogen-bond donors (Lipinski definition) is 0. The number of carbonyl (C=O) groups excluding carboxylic acids is 2. The molecule has 1 aliphatic rings. The largest absolute Gasteiger partial charge is 0.351 e. The summed E-state index contributed by atoms with van der Waals surface area (Å²) >= 11 is 0. The van der Waals surface area contributed by atoms with Gasteiger partial charge in [0.1, 0.15) is 0 Å². The van der Waals surface area contributed by atoms with E-state index in [1.165, 1.54) is 0 Å². The van der Waals surface area contributed by atoms with Crippen molar-refractivity contribution in [2.45, 2.75) is 19.9 Å². The lowest BCUT2D eigenvalue weighted by atomic mass is 10.1. The van der Waals surface area contributed by atoms with Crippen LogP contribution in [0.3, 0.4) is 0 Å². The summed E-state index contributed by atoms with van der Waals surface area (Å²) in [5.74, 6) is 0.136. The molecule has 1 fully saturated rings. The first-order chi connectivity index (χ1) is 14.6. The standard InChI is InChI=1S/C22H23N5O3/c1-16-13-21(30-24-16)22(29)26-11-9-25(10-12-26)15-20(28)18-14-27(8-4-7-23)19-6-3-2-5-17(18)19/h2-3,5-6,13-14H,4,8-12,15H2,1H3. The molecule has 0 radical (unpaired) electrons. The lowest BCUT2D eigenvalue weighted by Gasteiger charge is -2.33. The third kappa shape index (κ3) is 3.98. The van der Waals surface area contributed by atoms with Crippen LogP contribution in [0, 0.1) is 18.3 Å². The number of fused-ring (bicyclic) bond motifs is 1. The summed E-state index contributed by atoms with van der Waals surface area (Å²) < 4.78 is 7.04. The maximum atomic E-state index is 13.0. The number of benzene rings is 1. The Hall–Kier alpha value is -3.44. The average Bonchev–Trinajstić information content (AvgIpc) is 3.36. The number of piperazine rings is 1. The van der Waals surface area contributed by atoms with Crippen LogP contribution in [-0.4, -0.2) is 63.9 Å². The summed E-state index contributed by atoms with van der Waals surface area (Å²) in [6.45, 7) is 4.96. The molecule has 3 aromatic rings. The first-order valence-corrected chi connectivity index (χ1v) is 10.00. The van der Waals surface area contributed by atoms with E-state index in [4.69, 9.17) is 9.78 Å². The summed E-state index contributed by atoms with van der Waals surface area (Å²) in [5, 5.41) is 13.6. The molecular weight excluding hydrogens is 382 g/mol. The van der Waals surface area contributed by atoms with Gasteiger partial charge in [0, 0.05) is 61.5 Å². The maximum Gasteiger partial charge on any atom is 0.292 e. The Morgan fingerprint density at radius 2 is 1.97 bits per heavy atom. The topological polar surface area (TPSA) is 95.4 Å². The number of carbonyl (C=O) groups is 2. The van der Waals surface area contributed by atoms with Crippen LogP contribution in [0.5, 0.6) is 0 Å². The molecule has 0 N–H and O–H groups in total. The molecule has 154 valence electrons. The van der Waals surface area contributed by atoms with Crippen LogP contribution in [0.15, 0.2) is 41.1 Å². The van der Waals surface area contributed by atoms with Gasteiger partial charge in [-0.1, -0.05) is 23.4 Å². The molecule has 4 rings (SSSR count). The zero-order valence-electron chi connectivity index (χ0n) is 16.9. The first-order valence-electron chi connectivity index (χ1n) is 10.00. The molecule has 1 aromatic carbocycles. The van der Waals surface area contributed by atoms with Crippen molar-refractivity contribution < 1.29 is 14.1 Å². The number of nitrogens with zero attached hydrogens (tertiary/aromatic N) is 5. The average molecular weight is 405 g/mol. The highest BCUT2D eigenvalue weighted by Gasteiger charge is 2.26. The van der Waals surface area contributed by atoms with E-state index in [1.807, 2.05) is 35.0 Å². The van der Waals surface area contributed by atoms with Gasteiger partial charge in [-0.05, 0) is 13.0 Å². The molecule has 8 heteroatoms. The number of ketones is 1. The van der Waals surface area contributed by atoms with Crippen molar-refractivity contribution in [3.05, 3.63) is 53.5 Å². The van der Waals surface area contributed by atoms with E-state index in [9.17, 15) is 9.59 Å². The third-order valence-corrected chi connectivity index (χ3v) is 5.42. The fourth-order valence-corrected chi connectivity index (χ4v) is 3.84. The molecule has 1 amide bonds. The van der Waals surface area contributed by atoms with E-state index >= 15 is 0 Å². The number of rotatable bonds is 6. The van der Waals surface area contributed by atoms with E-state index in [0.29, 0.717) is 56.9 Å². The lowest BCUT2D eigenvalue weighted by Crippen LogP contribution is -2.49. The molecule has 3 heterocycles. The number of aromatic nitrogens is 2. The van der Waals surface area contributed by atoms with Crippen molar-refractivity contribution in [1.29, 1.82) is 5.26 Å². The van der Waals surface area contributed by atoms with Gasteiger partial charge >= 0.3 is 0 Å². The maximum absolute atomic E-state index is 13.0. The van der Waals surface area contributed by atoms with Crippen molar-refractivity contribution in [2.75, 3.05) is 32.7 Å². The second-order valence-corrected chi connectivity index (χ2v) is 7.49. The summed E-state index contributed by atoms with van der Waals surface area (Å²) in [6.07, 6.45) is 2.25. The van der Waals surface area contributed by atoms with E-state index in [0.717, 1.165) is 10.9 Å². The van der Waals surface area contributed by atoms with Crippen LogP contribution in [-0.2, 0) is 6.54 Å². The highest BCUT2D eigenvalue weighted by Crippen LogP contribution is 2.23. The zero-order valence-corrected chi connectivity index (χ0v) is 16.9. The molecule has 0 atom stereocenters. The Bertz CT molecular complexity index is 1120. The first kappa shape index (κ1) is 19.9. The molecule has 1 aliphatic heterocycles. The minimum Gasteiger partial charge on any atom is -0.351 e. The normalized spacial score (nSPS) is 14.7. The van der Waals surface area contributed by atoms with Gasteiger partial charge in [0.15, 0.2) is 5.78 Å². The summed E-state index contributed by atoms with van der Waals surface area (Å²) in [5.41, 5.74) is 2.32. The fraction of sp³-hybridized carbons (Fsp3) is 0.364. The molecule has 1 saturated heterocycles. The van der Waals surface area contributed by atoms with E-state index in [1.54, 1.807) is 17.9 Å². The molecule has 0 spiro atoms. The smallest absolute Gasteiger partial charge is 0.292 e. The molecule has 30 heavy (non-hydrogen) atoms. The van der Waals surface area contributed by atoms with Crippen LogP contribution in [0.4, 0.5) is 0 Å². The monoisotopic (exact) mass is 405 g/mol. The van der Waals surface area contributed by atoms with Crippen molar-refractivity contribution in [3.63, 3.8) is 0 Å². The SMILES string of the molecule is Cc1cc(C(=O)N2CCN(CC(=O)c3cn(CCC#N)c4ccccc34)CC2)on1. The van der Waals surface area contributed by atoms with Crippen molar-refractivity contribution in [3.8, 4) is 6.07 Å². The number of para-hydroxylation sites is 1. The van der Waals surface area contributed by atoms with Gasteiger partial charge in [0.25, 0.3) is 5.91 Å². The van der Waals surface area contributed by atoms with E-state index < -0.39 is 0 Å². The van der Waals surface area contributed by atoms with Crippen molar-refractivity contribution >= 4 is 22.6 Å². The van der Waals surface area contributed by atoms with Crippen LogP contribution in [0.1, 0.15) is 33.0 Å². The quantitative estimate of drug-likeness (QED) is 0.585. The van der Waals surface area contributed by atoms with Crippen LogP contribution in [0.25, 0.3) is 10.9 Å². The lowest BCUT2D eigenvalue weighted by molar-refractivity contribution is 0.0588. The highest BCUT2D eigenvalue weighted by molar-refractivity contribution is 6.09. The summed E-state index contributed by atoms with van der Waals surface area (Å²) in [6, 6.07) is 11.6. The number of amides is 1. The number of aryl methyl sites for hydroxylation is 2. The molecule has 0 unspecified atom stereocenters. The van der Waals surface area contributed by atoms with Gasteiger partial charge in [-0.25, -0.2) is 0 Å². The van der Waals surface area contributed by atoms with Gasteiger partial charge in [-0.3, -0.25) is 14.5 Å². The Kier molecular flexibility index (Phi) is 5.63. The second-order valence-electron chi connectivity index (χ2n) is 7.49. The van der Waals surface area contributed by atoms with Gasteiger partial charge in [0.2, 0.25) is 5.76 Å².